The lowest BCUT2D eigenvalue weighted by molar-refractivity contribution is -0.134. The second-order valence-electron chi connectivity index (χ2n) is 4.21. The van der Waals surface area contributed by atoms with Gasteiger partial charge in [0.25, 0.3) is 0 Å². The maximum Gasteiger partial charge on any atom is 0.345 e. The predicted octanol–water partition coefficient (Wildman–Crippen LogP) is 3.21. The van der Waals surface area contributed by atoms with Crippen molar-refractivity contribution in [3.8, 4) is 0 Å². The number of azo groups is 2. The van der Waals surface area contributed by atoms with E-state index in [-0.39, 0.29) is 5.82 Å². The molecule has 0 unspecified atom stereocenters. The predicted molar refractivity (Wildman–Crippen MR) is 73.0 cm³/mol. The van der Waals surface area contributed by atoms with Crippen molar-refractivity contribution in [2.75, 3.05) is 0 Å². The molecule has 0 saturated carbocycles. The fraction of sp³-hybridized carbons (Fsp3) is 0. The Morgan fingerprint density at radius 2 is 1.76 bits per heavy atom. The van der Waals surface area contributed by atoms with Crippen LogP contribution >= 0.6 is 0 Å². The summed E-state index contributed by atoms with van der Waals surface area (Å²) in [6.07, 6.45) is 0. The van der Waals surface area contributed by atoms with Crippen LogP contribution in [0.1, 0.15) is 0 Å². The van der Waals surface area contributed by atoms with Crippen LogP contribution in [-0.4, -0.2) is 17.0 Å². The number of carbonyl (C=O) groups excluding carboxylic acids is 1. The Bertz CT molecular complexity index is 847. The molecule has 0 aliphatic carbocycles. The third-order valence-corrected chi connectivity index (χ3v) is 2.91. The van der Waals surface area contributed by atoms with Crippen LogP contribution in [0.5, 0.6) is 0 Å². The summed E-state index contributed by atoms with van der Waals surface area (Å²) in [5.41, 5.74) is -0.0149. The van der Waals surface area contributed by atoms with Crippen LogP contribution in [0.3, 0.4) is 0 Å². The van der Waals surface area contributed by atoms with E-state index in [0.717, 1.165) is 10.8 Å². The maximum absolute atomic E-state index is 11.2. The SMILES string of the molecule is O=C(O)C1=C(N=Nc2cccc3ccccc23)N=NC1=O. The number of rotatable bonds is 3. The third-order valence-electron chi connectivity index (χ3n) is 2.91. The number of hydrogen-bond donors (Lipinski definition) is 1. The summed E-state index contributed by atoms with van der Waals surface area (Å²) in [7, 11) is 0. The molecule has 0 aromatic heterocycles. The highest BCUT2D eigenvalue weighted by Gasteiger charge is 2.28. The highest BCUT2D eigenvalue weighted by molar-refractivity contribution is 6.17. The Labute approximate surface area is 118 Å². The fourth-order valence-corrected chi connectivity index (χ4v) is 1.94. The summed E-state index contributed by atoms with van der Waals surface area (Å²) in [5.74, 6) is -2.63. The average molecular weight is 280 g/mol. The molecule has 21 heavy (non-hydrogen) atoms. The van der Waals surface area contributed by atoms with Gasteiger partial charge in [-0.05, 0) is 11.5 Å². The van der Waals surface area contributed by atoms with E-state index >= 15 is 0 Å². The minimum Gasteiger partial charge on any atom is -0.477 e. The van der Waals surface area contributed by atoms with Gasteiger partial charge in [-0.3, -0.25) is 4.79 Å². The van der Waals surface area contributed by atoms with Crippen LogP contribution < -0.4 is 0 Å². The Morgan fingerprint density at radius 1 is 1.00 bits per heavy atom. The Kier molecular flexibility index (Phi) is 3.07. The molecule has 1 aliphatic rings. The lowest BCUT2D eigenvalue weighted by Crippen LogP contribution is -2.08. The zero-order valence-electron chi connectivity index (χ0n) is 10.6. The second kappa shape index (κ2) is 5.04. The molecule has 2 aromatic carbocycles. The van der Waals surface area contributed by atoms with Gasteiger partial charge in [0.2, 0.25) is 5.82 Å². The van der Waals surface area contributed by atoms with Gasteiger partial charge in [0.1, 0.15) is 0 Å². The average Bonchev–Trinajstić information content (AvgIpc) is 2.86. The first-order valence-electron chi connectivity index (χ1n) is 6.00. The van der Waals surface area contributed by atoms with E-state index in [0.29, 0.717) is 5.69 Å². The number of amides is 1. The van der Waals surface area contributed by atoms with Crippen molar-refractivity contribution in [3.63, 3.8) is 0 Å². The van der Waals surface area contributed by atoms with Crippen molar-refractivity contribution < 1.29 is 14.7 Å². The molecule has 2 aromatic rings. The minimum absolute atomic E-state index is 0.291. The third kappa shape index (κ3) is 2.32. The number of carbonyl (C=O) groups is 2. The van der Waals surface area contributed by atoms with E-state index in [1.165, 1.54) is 0 Å². The van der Waals surface area contributed by atoms with E-state index in [9.17, 15) is 9.59 Å². The van der Waals surface area contributed by atoms with Crippen LogP contribution in [0.25, 0.3) is 10.8 Å². The monoisotopic (exact) mass is 280 g/mol. The molecule has 7 heteroatoms. The molecular weight excluding hydrogens is 272 g/mol. The van der Waals surface area contributed by atoms with Crippen LogP contribution in [0.2, 0.25) is 0 Å². The number of benzene rings is 2. The lowest BCUT2D eigenvalue weighted by Gasteiger charge is -1.99. The number of hydrogen-bond acceptors (Lipinski definition) is 5. The van der Waals surface area contributed by atoms with Gasteiger partial charge in [-0.25, -0.2) is 4.79 Å². The van der Waals surface area contributed by atoms with Crippen molar-refractivity contribution in [1.29, 1.82) is 0 Å². The topological polar surface area (TPSA) is 104 Å². The van der Waals surface area contributed by atoms with Crippen LogP contribution in [-0.2, 0) is 9.59 Å². The zero-order valence-corrected chi connectivity index (χ0v) is 10.6. The normalized spacial score (nSPS) is 14.6. The molecule has 1 N–H and O–H groups in total. The number of fused-ring (bicyclic) bond motifs is 1. The molecule has 102 valence electrons. The first-order valence-corrected chi connectivity index (χ1v) is 6.00. The fourth-order valence-electron chi connectivity index (χ4n) is 1.94. The maximum atomic E-state index is 11.2. The largest absolute Gasteiger partial charge is 0.477 e. The molecule has 0 atom stereocenters. The number of nitrogens with zero attached hydrogens (tertiary/aromatic N) is 4. The van der Waals surface area contributed by atoms with E-state index < -0.39 is 17.4 Å². The second-order valence-corrected chi connectivity index (χ2v) is 4.21. The molecule has 0 bridgehead atoms. The van der Waals surface area contributed by atoms with Gasteiger partial charge in [-0.1, -0.05) is 36.4 Å². The van der Waals surface area contributed by atoms with Gasteiger partial charge in [-0.2, -0.15) is 0 Å². The van der Waals surface area contributed by atoms with Gasteiger partial charge in [0.15, 0.2) is 5.57 Å². The first kappa shape index (κ1) is 12.8. The van der Waals surface area contributed by atoms with Crippen LogP contribution in [0.4, 0.5) is 5.69 Å². The molecule has 0 fully saturated rings. The number of aliphatic carboxylic acids is 1. The summed E-state index contributed by atoms with van der Waals surface area (Å²) in [6, 6.07) is 13.0. The lowest BCUT2D eigenvalue weighted by atomic mass is 10.1. The van der Waals surface area contributed by atoms with E-state index in [1.807, 2.05) is 36.4 Å². The highest BCUT2D eigenvalue weighted by atomic mass is 16.4. The molecule has 1 aliphatic heterocycles. The van der Waals surface area contributed by atoms with Crippen molar-refractivity contribution in [2.45, 2.75) is 0 Å². The van der Waals surface area contributed by atoms with E-state index in [2.05, 4.69) is 20.5 Å². The molecule has 1 heterocycles. The van der Waals surface area contributed by atoms with Gasteiger partial charge in [-0.15, -0.1) is 20.5 Å². The van der Waals surface area contributed by atoms with Gasteiger partial charge in [0.05, 0.1) is 5.69 Å². The standard InChI is InChI=1S/C14H8N4O3/c19-13-11(14(20)21)12(17-18-13)16-15-10-7-3-5-8-4-1-2-6-9(8)10/h1-7H,(H,20,21). The van der Waals surface area contributed by atoms with Crippen molar-refractivity contribution in [3.05, 3.63) is 53.9 Å². The zero-order chi connectivity index (χ0) is 14.8. The van der Waals surface area contributed by atoms with Crippen molar-refractivity contribution in [2.24, 2.45) is 20.5 Å². The molecule has 3 rings (SSSR count). The van der Waals surface area contributed by atoms with E-state index in [4.69, 9.17) is 5.11 Å². The molecule has 0 spiro atoms. The van der Waals surface area contributed by atoms with Gasteiger partial charge < -0.3 is 5.11 Å². The first-order chi connectivity index (χ1) is 10.2. The smallest absolute Gasteiger partial charge is 0.345 e. The van der Waals surface area contributed by atoms with Crippen molar-refractivity contribution >= 4 is 28.3 Å². The van der Waals surface area contributed by atoms with Crippen LogP contribution in [0.15, 0.2) is 74.3 Å². The number of carboxylic acid groups (broad SMARTS) is 1. The molecule has 0 radical (unpaired) electrons. The van der Waals surface area contributed by atoms with Gasteiger partial charge in [0, 0.05) is 5.39 Å². The quantitative estimate of drug-likeness (QED) is 0.689. The molecule has 1 amide bonds. The highest BCUT2D eigenvalue weighted by Crippen LogP contribution is 2.27. The van der Waals surface area contributed by atoms with Gasteiger partial charge >= 0.3 is 11.9 Å². The summed E-state index contributed by atoms with van der Waals surface area (Å²) in [4.78, 5) is 22.2. The molecular formula is C14H8N4O3. The Balaban J connectivity index is 2.05. The van der Waals surface area contributed by atoms with Crippen LogP contribution in [0, 0.1) is 0 Å². The molecule has 7 nitrogen and oxygen atoms in total. The molecule has 0 saturated heterocycles. The van der Waals surface area contributed by atoms with Crippen molar-refractivity contribution in [1.82, 2.24) is 0 Å². The summed E-state index contributed by atoms with van der Waals surface area (Å²) >= 11 is 0. The number of carboxylic acids is 1. The minimum atomic E-state index is -1.42. The summed E-state index contributed by atoms with van der Waals surface area (Å²) < 4.78 is 0. The summed E-state index contributed by atoms with van der Waals surface area (Å²) in [5, 5.41) is 25.1. The van der Waals surface area contributed by atoms with E-state index in [1.54, 1.807) is 6.07 Å². The summed E-state index contributed by atoms with van der Waals surface area (Å²) in [6.45, 7) is 0. The Hall–Kier alpha value is -3.22. The Morgan fingerprint density at radius 3 is 2.57 bits per heavy atom.